The number of nitrogen functional groups attached to an aromatic ring is 1. The average molecular weight is 415 g/mol. The van der Waals surface area contributed by atoms with Crippen LogP contribution in [-0.2, 0) is 0 Å². The summed E-state index contributed by atoms with van der Waals surface area (Å²) in [6, 6.07) is 15.5. The maximum atomic E-state index is 13.0. The summed E-state index contributed by atoms with van der Waals surface area (Å²) in [5.41, 5.74) is 11.1. The fourth-order valence-electron chi connectivity index (χ4n) is 3.53. The minimum Gasteiger partial charge on any atom is -0.383 e. The number of hydrogen-bond donors (Lipinski definition) is 2. The van der Waals surface area contributed by atoms with Crippen molar-refractivity contribution in [3.05, 3.63) is 65.2 Å². The van der Waals surface area contributed by atoms with Gasteiger partial charge >= 0.3 is 0 Å². The molecule has 0 unspecified atom stereocenters. The van der Waals surface area contributed by atoms with Crippen molar-refractivity contribution in [3.63, 3.8) is 0 Å². The molecule has 0 bridgehead atoms. The minimum absolute atomic E-state index is 0.224. The lowest BCUT2D eigenvalue weighted by Crippen LogP contribution is -2.25. The van der Waals surface area contributed by atoms with Crippen molar-refractivity contribution >= 4 is 40.1 Å². The van der Waals surface area contributed by atoms with Crippen molar-refractivity contribution in [1.82, 2.24) is 20.0 Å². The summed E-state index contributed by atoms with van der Waals surface area (Å²) in [7, 11) is 0. The first kappa shape index (κ1) is 20.5. The van der Waals surface area contributed by atoms with Crippen molar-refractivity contribution in [1.29, 1.82) is 0 Å². The van der Waals surface area contributed by atoms with Gasteiger partial charge < -0.3 is 11.1 Å². The van der Waals surface area contributed by atoms with Crippen LogP contribution in [0.5, 0.6) is 0 Å². The fourth-order valence-corrected chi connectivity index (χ4v) is 3.53. The van der Waals surface area contributed by atoms with Crippen LogP contribution in [0.3, 0.4) is 0 Å². The lowest BCUT2D eigenvalue weighted by molar-refractivity contribution is 0.0955. The SMILES string of the molecule is CCCCCNC(=O)c1c(N)n(N=Cc2cccc(C)c2)c2nc3ccccc3nc12. The lowest BCUT2D eigenvalue weighted by Gasteiger charge is -2.05. The molecule has 0 spiro atoms. The quantitative estimate of drug-likeness (QED) is 0.348. The molecule has 0 aliphatic rings. The molecule has 3 N–H and O–H groups in total. The van der Waals surface area contributed by atoms with Gasteiger partial charge in [-0.05, 0) is 31.0 Å². The third-order valence-electron chi connectivity index (χ3n) is 5.13. The number of aromatic nitrogens is 3. The summed E-state index contributed by atoms with van der Waals surface area (Å²) in [6.45, 7) is 4.74. The van der Waals surface area contributed by atoms with Gasteiger partial charge in [-0.3, -0.25) is 4.79 Å². The first-order valence-corrected chi connectivity index (χ1v) is 10.5. The van der Waals surface area contributed by atoms with E-state index >= 15 is 0 Å². The van der Waals surface area contributed by atoms with Crippen molar-refractivity contribution in [2.24, 2.45) is 5.10 Å². The summed E-state index contributed by atoms with van der Waals surface area (Å²) < 4.78 is 1.50. The van der Waals surface area contributed by atoms with E-state index in [1.54, 1.807) is 6.21 Å². The van der Waals surface area contributed by atoms with Gasteiger partial charge in [0.2, 0.25) is 0 Å². The molecule has 4 aromatic rings. The van der Waals surface area contributed by atoms with Crippen molar-refractivity contribution in [3.8, 4) is 0 Å². The Kier molecular flexibility index (Phi) is 5.93. The Morgan fingerprint density at radius 1 is 1.13 bits per heavy atom. The Labute approximate surface area is 181 Å². The van der Waals surface area contributed by atoms with E-state index in [2.05, 4.69) is 17.3 Å². The number of hydrogen-bond acceptors (Lipinski definition) is 5. The van der Waals surface area contributed by atoms with E-state index in [1.807, 2.05) is 55.5 Å². The molecule has 158 valence electrons. The summed E-state index contributed by atoms with van der Waals surface area (Å²) >= 11 is 0. The maximum absolute atomic E-state index is 13.0. The lowest BCUT2D eigenvalue weighted by atomic mass is 10.2. The van der Waals surface area contributed by atoms with Gasteiger partial charge in [-0.15, -0.1) is 0 Å². The van der Waals surface area contributed by atoms with Gasteiger partial charge in [0.05, 0.1) is 17.2 Å². The molecule has 0 radical (unpaired) electrons. The number of aryl methyl sites for hydroxylation is 1. The number of nitrogens with one attached hydrogen (secondary N) is 1. The summed E-state index contributed by atoms with van der Waals surface area (Å²) in [5, 5.41) is 7.51. The van der Waals surface area contributed by atoms with Crippen molar-refractivity contribution in [2.75, 3.05) is 12.3 Å². The molecule has 1 amide bonds. The second-order valence-electron chi connectivity index (χ2n) is 7.58. The van der Waals surface area contributed by atoms with Crippen LogP contribution in [-0.4, -0.2) is 33.3 Å². The number of fused-ring (bicyclic) bond motifs is 2. The number of nitrogens with two attached hydrogens (primary N) is 1. The zero-order valence-electron chi connectivity index (χ0n) is 17.8. The van der Waals surface area contributed by atoms with Crippen molar-refractivity contribution in [2.45, 2.75) is 33.1 Å². The molecule has 7 heteroatoms. The Bertz CT molecular complexity index is 1270. The molecular formula is C24H26N6O. The number of carbonyl (C=O) groups excluding carboxylic acids is 1. The summed E-state index contributed by atoms with van der Waals surface area (Å²) in [6.07, 6.45) is 4.77. The Hall–Kier alpha value is -3.74. The molecule has 2 heterocycles. The molecule has 0 aliphatic heterocycles. The highest BCUT2D eigenvalue weighted by molar-refractivity contribution is 6.10. The Morgan fingerprint density at radius 3 is 2.65 bits per heavy atom. The van der Waals surface area contributed by atoms with Gasteiger partial charge in [0, 0.05) is 6.54 Å². The second-order valence-corrected chi connectivity index (χ2v) is 7.58. The first-order chi connectivity index (χ1) is 15.1. The van der Waals surface area contributed by atoms with E-state index < -0.39 is 0 Å². The first-order valence-electron chi connectivity index (χ1n) is 10.5. The number of unbranched alkanes of at least 4 members (excludes halogenated alkanes) is 2. The number of amides is 1. The van der Waals surface area contributed by atoms with Gasteiger partial charge in [-0.2, -0.15) is 9.78 Å². The average Bonchev–Trinajstić information content (AvgIpc) is 3.04. The topological polar surface area (TPSA) is 98.2 Å². The van der Waals surface area contributed by atoms with Gasteiger partial charge in [-0.25, -0.2) is 9.97 Å². The molecule has 0 atom stereocenters. The van der Waals surface area contributed by atoms with Gasteiger partial charge in [0.25, 0.3) is 5.91 Å². The Morgan fingerprint density at radius 2 is 1.90 bits per heavy atom. The molecule has 2 aromatic carbocycles. The number of carbonyl (C=O) groups is 1. The largest absolute Gasteiger partial charge is 0.383 e. The number of nitrogens with zero attached hydrogens (tertiary/aromatic N) is 4. The van der Waals surface area contributed by atoms with Crippen LogP contribution in [0, 0.1) is 6.92 Å². The molecule has 31 heavy (non-hydrogen) atoms. The molecule has 4 rings (SSSR count). The van der Waals surface area contributed by atoms with Crippen LogP contribution in [0.4, 0.5) is 5.82 Å². The number of benzene rings is 2. The zero-order chi connectivity index (χ0) is 21.8. The number of anilines is 1. The molecule has 0 saturated heterocycles. The number of rotatable bonds is 7. The van der Waals surface area contributed by atoms with Crippen LogP contribution < -0.4 is 11.1 Å². The predicted octanol–water partition coefficient (Wildman–Crippen LogP) is 4.28. The molecular weight excluding hydrogens is 388 g/mol. The van der Waals surface area contributed by atoms with Gasteiger partial charge in [0.1, 0.15) is 16.9 Å². The van der Waals surface area contributed by atoms with E-state index in [9.17, 15) is 4.79 Å². The molecule has 0 saturated carbocycles. The number of para-hydroxylation sites is 2. The monoisotopic (exact) mass is 414 g/mol. The van der Waals surface area contributed by atoms with E-state index in [0.29, 0.717) is 28.8 Å². The summed E-state index contributed by atoms with van der Waals surface area (Å²) in [4.78, 5) is 22.4. The second kappa shape index (κ2) is 8.95. The third-order valence-corrected chi connectivity index (χ3v) is 5.13. The third kappa shape index (κ3) is 4.26. The van der Waals surface area contributed by atoms with Crippen LogP contribution in [0.25, 0.3) is 22.2 Å². The smallest absolute Gasteiger partial charge is 0.257 e. The molecule has 2 aromatic heterocycles. The molecule has 0 fully saturated rings. The molecule has 0 aliphatic carbocycles. The van der Waals surface area contributed by atoms with E-state index in [0.717, 1.165) is 35.9 Å². The highest BCUT2D eigenvalue weighted by atomic mass is 16.1. The minimum atomic E-state index is -0.257. The predicted molar refractivity (Wildman–Crippen MR) is 125 cm³/mol. The van der Waals surface area contributed by atoms with Crippen LogP contribution >= 0.6 is 0 Å². The van der Waals surface area contributed by atoms with E-state index in [-0.39, 0.29) is 11.7 Å². The van der Waals surface area contributed by atoms with E-state index in [1.165, 1.54) is 4.68 Å². The standard InChI is InChI=1S/C24H26N6O/c1-3-4-7-13-26-24(31)20-21-23(29-19-12-6-5-11-18(19)28-21)30(22(20)25)27-15-17-10-8-9-16(2)14-17/h5-6,8-12,14-15H,3-4,7,13,25H2,1-2H3,(H,26,31). The van der Waals surface area contributed by atoms with Crippen LogP contribution in [0.1, 0.15) is 47.7 Å². The zero-order valence-corrected chi connectivity index (χ0v) is 17.8. The normalized spacial score (nSPS) is 11.5. The summed E-state index contributed by atoms with van der Waals surface area (Å²) in [5.74, 6) is -0.0325. The molecule has 7 nitrogen and oxygen atoms in total. The van der Waals surface area contributed by atoms with Crippen molar-refractivity contribution < 1.29 is 4.79 Å². The Balaban J connectivity index is 1.81. The fraction of sp³-hybridized carbons (Fsp3) is 0.250. The van der Waals surface area contributed by atoms with Gasteiger partial charge in [0.15, 0.2) is 5.65 Å². The highest BCUT2D eigenvalue weighted by Gasteiger charge is 2.23. The van der Waals surface area contributed by atoms with Crippen LogP contribution in [0.2, 0.25) is 0 Å². The van der Waals surface area contributed by atoms with Crippen LogP contribution in [0.15, 0.2) is 53.6 Å². The highest BCUT2D eigenvalue weighted by Crippen LogP contribution is 2.27. The maximum Gasteiger partial charge on any atom is 0.257 e. The van der Waals surface area contributed by atoms with Gasteiger partial charge in [-0.1, -0.05) is 61.7 Å². The van der Waals surface area contributed by atoms with E-state index in [4.69, 9.17) is 15.7 Å².